The molecule has 0 aromatic carbocycles. The van der Waals surface area contributed by atoms with Gasteiger partial charge in [-0.3, -0.25) is 4.90 Å². The van der Waals surface area contributed by atoms with E-state index in [1.54, 1.807) is 0 Å². The first-order chi connectivity index (χ1) is 8.85. The fourth-order valence-corrected chi connectivity index (χ4v) is 2.65. The van der Waals surface area contributed by atoms with Crippen molar-refractivity contribution in [2.45, 2.75) is 38.8 Å². The van der Waals surface area contributed by atoms with Gasteiger partial charge in [-0.2, -0.15) is 0 Å². The van der Waals surface area contributed by atoms with Crippen LogP contribution in [0.1, 0.15) is 26.7 Å². The molecule has 0 spiro atoms. The van der Waals surface area contributed by atoms with Crippen molar-refractivity contribution >= 4 is 0 Å². The molecule has 2 rings (SSSR count). The summed E-state index contributed by atoms with van der Waals surface area (Å²) in [4.78, 5) is 2.45. The van der Waals surface area contributed by atoms with Crippen molar-refractivity contribution in [3.8, 4) is 0 Å². The van der Waals surface area contributed by atoms with E-state index in [-0.39, 0.29) is 12.1 Å². The lowest BCUT2D eigenvalue weighted by molar-refractivity contribution is -0.0481. The molecule has 0 saturated carbocycles. The van der Waals surface area contributed by atoms with E-state index in [1.807, 2.05) is 0 Å². The summed E-state index contributed by atoms with van der Waals surface area (Å²) < 4.78 is 11.8. The Morgan fingerprint density at radius 1 is 1.44 bits per heavy atom. The van der Waals surface area contributed by atoms with Crippen LogP contribution in [0.4, 0.5) is 0 Å². The minimum atomic E-state index is 0.211. The summed E-state index contributed by atoms with van der Waals surface area (Å²) in [5, 5.41) is 3.52. The van der Waals surface area contributed by atoms with Crippen molar-refractivity contribution in [1.29, 1.82) is 0 Å². The molecule has 0 bridgehead atoms. The Morgan fingerprint density at radius 2 is 2.33 bits per heavy atom. The molecule has 0 aliphatic carbocycles. The maximum absolute atomic E-state index is 5.95. The van der Waals surface area contributed by atoms with Gasteiger partial charge in [-0.15, -0.1) is 0 Å². The maximum atomic E-state index is 5.95. The average Bonchev–Trinajstić information content (AvgIpc) is 2.46. The van der Waals surface area contributed by atoms with Crippen LogP contribution in [0.15, 0.2) is 11.8 Å². The molecule has 2 aliphatic rings. The molecule has 0 aromatic heterocycles. The van der Waals surface area contributed by atoms with Gasteiger partial charge in [0.15, 0.2) is 0 Å². The highest BCUT2D eigenvalue weighted by Gasteiger charge is 2.31. The lowest BCUT2D eigenvalue weighted by Crippen LogP contribution is -2.53. The summed E-state index contributed by atoms with van der Waals surface area (Å²) in [5.41, 5.74) is 0. The average molecular weight is 254 g/mol. The van der Waals surface area contributed by atoms with Crippen LogP contribution < -0.4 is 5.32 Å². The second-order valence-corrected chi connectivity index (χ2v) is 4.94. The fourth-order valence-electron chi connectivity index (χ4n) is 2.65. The molecule has 2 atom stereocenters. The van der Waals surface area contributed by atoms with Gasteiger partial charge >= 0.3 is 0 Å². The molecule has 0 radical (unpaired) electrons. The zero-order valence-corrected chi connectivity index (χ0v) is 11.7. The molecule has 0 amide bonds. The van der Waals surface area contributed by atoms with E-state index in [9.17, 15) is 0 Å². The molecule has 18 heavy (non-hydrogen) atoms. The van der Waals surface area contributed by atoms with Crippen molar-refractivity contribution < 1.29 is 9.47 Å². The molecular weight excluding hydrogens is 228 g/mol. The molecule has 1 fully saturated rings. The summed E-state index contributed by atoms with van der Waals surface area (Å²) in [5.74, 6) is 1.09. The number of ether oxygens (including phenoxy) is 2. The van der Waals surface area contributed by atoms with Crippen molar-refractivity contribution in [3.63, 3.8) is 0 Å². The van der Waals surface area contributed by atoms with Gasteiger partial charge in [-0.1, -0.05) is 13.8 Å². The standard InChI is InChI=1S/C14H26N2O2/c1-3-15-14(12-7-5-6-9-17-12)13-11-16(4-2)8-10-18-13/h7,13-15H,3-6,8-11H2,1-2H3. The highest BCUT2D eigenvalue weighted by atomic mass is 16.5. The third kappa shape index (κ3) is 3.46. The normalized spacial score (nSPS) is 27.4. The Hall–Kier alpha value is -0.580. The highest BCUT2D eigenvalue weighted by molar-refractivity contribution is 5.09. The highest BCUT2D eigenvalue weighted by Crippen LogP contribution is 2.20. The van der Waals surface area contributed by atoms with Gasteiger partial charge in [0.05, 0.1) is 25.4 Å². The van der Waals surface area contributed by atoms with Gasteiger partial charge < -0.3 is 14.8 Å². The number of allylic oxidation sites excluding steroid dienone is 1. The smallest absolute Gasteiger partial charge is 0.112 e. The second kappa shape index (κ2) is 7.12. The van der Waals surface area contributed by atoms with E-state index in [1.165, 1.54) is 0 Å². The maximum Gasteiger partial charge on any atom is 0.112 e. The Bertz CT molecular complexity index is 281. The molecule has 1 saturated heterocycles. The summed E-state index contributed by atoms with van der Waals surface area (Å²) >= 11 is 0. The number of rotatable bonds is 5. The van der Waals surface area contributed by atoms with Crippen LogP contribution in [0.5, 0.6) is 0 Å². The zero-order chi connectivity index (χ0) is 12.8. The topological polar surface area (TPSA) is 33.7 Å². The van der Waals surface area contributed by atoms with Crippen LogP contribution in [-0.2, 0) is 9.47 Å². The van der Waals surface area contributed by atoms with E-state index < -0.39 is 0 Å². The van der Waals surface area contributed by atoms with Crippen molar-refractivity contribution in [1.82, 2.24) is 10.2 Å². The van der Waals surface area contributed by atoms with E-state index in [0.717, 1.165) is 58.0 Å². The SMILES string of the molecule is CCNC(C1=CCCCO1)C1CN(CC)CCO1. The molecule has 2 aliphatic heterocycles. The Balaban J connectivity index is 2.01. The molecule has 4 heteroatoms. The van der Waals surface area contributed by atoms with Gasteiger partial charge in [-0.05, 0) is 32.0 Å². The summed E-state index contributed by atoms with van der Waals surface area (Å²) in [6, 6.07) is 0.213. The minimum Gasteiger partial charge on any atom is -0.496 e. The van der Waals surface area contributed by atoms with Gasteiger partial charge in [0.25, 0.3) is 0 Å². The van der Waals surface area contributed by atoms with E-state index >= 15 is 0 Å². The number of hydrogen-bond donors (Lipinski definition) is 1. The molecule has 4 nitrogen and oxygen atoms in total. The van der Waals surface area contributed by atoms with E-state index in [2.05, 4.69) is 30.1 Å². The molecule has 2 heterocycles. The van der Waals surface area contributed by atoms with Crippen LogP contribution in [0, 0.1) is 0 Å². The van der Waals surface area contributed by atoms with Crippen molar-refractivity contribution in [2.24, 2.45) is 0 Å². The van der Waals surface area contributed by atoms with Crippen LogP contribution in [-0.4, -0.2) is 56.4 Å². The number of morpholine rings is 1. The Labute approximate surface area is 110 Å². The molecule has 2 unspecified atom stereocenters. The minimum absolute atomic E-state index is 0.211. The zero-order valence-electron chi connectivity index (χ0n) is 11.7. The van der Waals surface area contributed by atoms with Crippen LogP contribution in [0.25, 0.3) is 0 Å². The summed E-state index contributed by atoms with van der Waals surface area (Å²) in [6.07, 6.45) is 4.70. The van der Waals surface area contributed by atoms with Crippen molar-refractivity contribution in [3.05, 3.63) is 11.8 Å². The Morgan fingerprint density at radius 3 is 3.00 bits per heavy atom. The van der Waals surface area contributed by atoms with Gasteiger partial charge in [-0.25, -0.2) is 0 Å². The van der Waals surface area contributed by atoms with Gasteiger partial charge in [0.1, 0.15) is 5.76 Å². The number of likely N-dealkylation sites (N-methyl/N-ethyl adjacent to an activating group) is 2. The number of hydrogen-bond acceptors (Lipinski definition) is 4. The summed E-state index contributed by atoms with van der Waals surface area (Å²) in [6.45, 7) is 10.1. The molecule has 0 aromatic rings. The molecule has 1 N–H and O–H groups in total. The first-order valence-corrected chi connectivity index (χ1v) is 7.25. The fraction of sp³-hybridized carbons (Fsp3) is 0.857. The largest absolute Gasteiger partial charge is 0.496 e. The lowest BCUT2D eigenvalue weighted by Gasteiger charge is -2.38. The molecular formula is C14H26N2O2. The van der Waals surface area contributed by atoms with Crippen molar-refractivity contribution in [2.75, 3.05) is 39.4 Å². The summed E-state index contributed by atoms with van der Waals surface area (Å²) in [7, 11) is 0. The first-order valence-electron chi connectivity index (χ1n) is 7.25. The predicted octanol–water partition coefficient (Wildman–Crippen LogP) is 1.38. The predicted molar refractivity (Wildman–Crippen MR) is 72.6 cm³/mol. The van der Waals surface area contributed by atoms with Crippen LogP contribution >= 0.6 is 0 Å². The van der Waals surface area contributed by atoms with Gasteiger partial charge in [0.2, 0.25) is 0 Å². The lowest BCUT2D eigenvalue weighted by atomic mass is 10.0. The van der Waals surface area contributed by atoms with E-state index in [4.69, 9.17) is 9.47 Å². The Kier molecular flexibility index (Phi) is 5.47. The van der Waals surface area contributed by atoms with Crippen LogP contribution in [0.3, 0.4) is 0 Å². The number of nitrogens with one attached hydrogen (secondary N) is 1. The van der Waals surface area contributed by atoms with Crippen LogP contribution in [0.2, 0.25) is 0 Å². The third-order valence-electron chi connectivity index (χ3n) is 3.69. The third-order valence-corrected chi connectivity index (χ3v) is 3.69. The molecule has 104 valence electrons. The number of nitrogens with zero attached hydrogens (tertiary/aromatic N) is 1. The quantitative estimate of drug-likeness (QED) is 0.803. The van der Waals surface area contributed by atoms with E-state index in [0.29, 0.717) is 0 Å². The first kappa shape index (κ1) is 13.8. The van der Waals surface area contributed by atoms with Gasteiger partial charge in [0, 0.05) is 13.1 Å². The monoisotopic (exact) mass is 254 g/mol. The second-order valence-electron chi connectivity index (χ2n) is 4.94.